The van der Waals surface area contributed by atoms with Crippen LogP contribution in [0.5, 0.6) is 0 Å². The van der Waals surface area contributed by atoms with Gasteiger partial charge in [-0.25, -0.2) is 15.0 Å². The highest BCUT2D eigenvalue weighted by molar-refractivity contribution is 5.29. The lowest BCUT2D eigenvalue weighted by molar-refractivity contribution is -0.141. The second-order valence-corrected chi connectivity index (χ2v) is 5.68. The Hall–Kier alpha value is -2.16. The Morgan fingerprint density at radius 3 is 2.83 bits per heavy atom. The average Bonchev–Trinajstić information content (AvgIpc) is 3.09. The molecular formula is C14H16F3N5O. The van der Waals surface area contributed by atoms with Gasteiger partial charge in [0.1, 0.15) is 5.69 Å². The number of imidazole rings is 1. The Morgan fingerprint density at radius 1 is 1.30 bits per heavy atom. The van der Waals surface area contributed by atoms with Crippen molar-refractivity contribution in [2.24, 2.45) is 5.92 Å². The monoisotopic (exact) mass is 327 g/mol. The summed E-state index contributed by atoms with van der Waals surface area (Å²) in [5.41, 5.74) is -1.00. The number of hydrogen-bond acceptors (Lipinski definition) is 5. The maximum Gasteiger partial charge on any atom is 0.433 e. The lowest BCUT2D eigenvalue weighted by atomic mass is 10.1. The minimum Gasteiger partial charge on any atom is -0.391 e. The molecule has 3 atom stereocenters. The Labute approximate surface area is 130 Å². The van der Waals surface area contributed by atoms with Gasteiger partial charge in [-0.05, 0) is 24.8 Å². The summed E-state index contributed by atoms with van der Waals surface area (Å²) in [5, 5.41) is 12.9. The van der Waals surface area contributed by atoms with E-state index in [1.165, 1.54) is 0 Å². The molecule has 2 aromatic heterocycles. The van der Waals surface area contributed by atoms with Crippen LogP contribution in [0.25, 0.3) is 0 Å². The Balaban J connectivity index is 1.64. The van der Waals surface area contributed by atoms with E-state index in [1.54, 1.807) is 12.5 Å². The standard InChI is InChI=1S/C14H16F3N5O/c15-14(16,17)12-1-2-19-13(21-12)20-10-5-9(6-11(10)23)7-22-4-3-18-8-22/h1-4,8-11,23H,5-7H2,(H,19,20,21)/t9?,10-,11-/m1/s1. The van der Waals surface area contributed by atoms with Gasteiger partial charge in [0.25, 0.3) is 0 Å². The van der Waals surface area contributed by atoms with Gasteiger partial charge in [0.15, 0.2) is 0 Å². The van der Waals surface area contributed by atoms with Crippen LogP contribution in [0.2, 0.25) is 0 Å². The van der Waals surface area contributed by atoms with Crippen molar-refractivity contribution < 1.29 is 18.3 Å². The SMILES string of the molecule is O[C@@H]1CC(Cn2ccnc2)C[C@H]1Nc1nccc(C(F)(F)F)n1. The zero-order valence-electron chi connectivity index (χ0n) is 12.1. The molecule has 3 rings (SSSR count). The van der Waals surface area contributed by atoms with Crippen LogP contribution < -0.4 is 5.32 Å². The summed E-state index contributed by atoms with van der Waals surface area (Å²) in [4.78, 5) is 11.2. The molecule has 2 aromatic rings. The van der Waals surface area contributed by atoms with Crippen LogP contribution in [-0.2, 0) is 12.7 Å². The number of rotatable bonds is 4. The summed E-state index contributed by atoms with van der Waals surface area (Å²) in [5.74, 6) is 0.0923. The van der Waals surface area contributed by atoms with Gasteiger partial charge in [0, 0.05) is 25.1 Å². The molecule has 2 heterocycles. The number of hydrogen-bond donors (Lipinski definition) is 2. The molecule has 0 amide bonds. The van der Waals surface area contributed by atoms with Crippen LogP contribution in [0.3, 0.4) is 0 Å². The minimum atomic E-state index is -4.52. The molecule has 0 radical (unpaired) electrons. The van der Waals surface area contributed by atoms with E-state index < -0.39 is 18.0 Å². The van der Waals surface area contributed by atoms with Crippen LogP contribution >= 0.6 is 0 Å². The molecule has 1 aliphatic rings. The molecule has 1 aliphatic carbocycles. The van der Waals surface area contributed by atoms with Crippen molar-refractivity contribution in [3.05, 3.63) is 36.7 Å². The van der Waals surface area contributed by atoms with Crippen LogP contribution in [0.1, 0.15) is 18.5 Å². The first-order valence-electron chi connectivity index (χ1n) is 7.22. The van der Waals surface area contributed by atoms with Crippen molar-refractivity contribution in [1.82, 2.24) is 19.5 Å². The fourth-order valence-corrected chi connectivity index (χ4v) is 2.87. The van der Waals surface area contributed by atoms with Crippen LogP contribution in [0.15, 0.2) is 31.0 Å². The van der Waals surface area contributed by atoms with E-state index >= 15 is 0 Å². The van der Waals surface area contributed by atoms with Gasteiger partial charge < -0.3 is 15.0 Å². The van der Waals surface area contributed by atoms with Gasteiger partial charge in [-0.1, -0.05) is 0 Å². The fraction of sp³-hybridized carbons (Fsp3) is 0.500. The van der Waals surface area contributed by atoms with E-state index in [-0.39, 0.29) is 17.9 Å². The van der Waals surface area contributed by atoms with Gasteiger partial charge in [0.05, 0.1) is 18.5 Å². The van der Waals surface area contributed by atoms with E-state index in [9.17, 15) is 18.3 Å². The molecule has 6 nitrogen and oxygen atoms in total. The second-order valence-electron chi connectivity index (χ2n) is 5.68. The zero-order chi connectivity index (χ0) is 16.4. The molecule has 9 heteroatoms. The van der Waals surface area contributed by atoms with Crippen molar-refractivity contribution in [1.29, 1.82) is 0 Å². The molecule has 23 heavy (non-hydrogen) atoms. The summed E-state index contributed by atoms with van der Waals surface area (Å²) >= 11 is 0. The molecule has 0 aliphatic heterocycles. The lowest BCUT2D eigenvalue weighted by Gasteiger charge is -2.17. The first-order chi connectivity index (χ1) is 10.9. The number of halogens is 3. The Morgan fingerprint density at radius 2 is 2.13 bits per heavy atom. The predicted molar refractivity (Wildman–Crippen MR) is 75.4 cm³/mol. The highest BCUT2D eigenvalue weighted by Crippen LogP contribution is 2.31. The number of alkyl halides is 3. The van der Waals surface area contributed by atoms with Gasteiger partial charge in [0.2, 0.25) is 5.95 Å². The predicted octanol–water partition coefficient (Wildman–Crippen LogP) is 1.94. The van der Waals surface area contributed by atoms with E-state index in [2.05, 4.69) is 20.3 Å². The van der Waals surface area contributed by atoms with Crippen molar-refractivity contribution in [3.63, 3.8) is 0 Å². The largest absolute Gasteiger partial charge is 0.433 e. The third kappa shape index (κ3) is 3.79. The Kier molecular flexibility index (Phi) is 4.20. The maximum absolute atomic E-state index is 12.7. The average molecular weight is 327 g/mol. The molecule has 0 bridgehead atoms. The normalized spacial score (nSPS) is 24.8. The van der Waals surface area contributed by atoms with Crippen molar-refractivity contribution in [2.45, 2.75) is 37.7 Å². The van der Waals surface area contributed by atoms with Gasteiger partial charge >= 0.3 is 6.18 Å². The van der Waals surface area contributed by atoms with E-state index in [1.807, 2.05) is 10.8 Å². The van der Waals surface area contributed by atoms with Gasteiger partial charge in [-0.15, -0.1) is 0 Å². The quantitative estimate of drug-likeness (QED) is 0.898. The number of anilines is 1. The topological polar surface area (TPSA) is 75.9 Å². The molecular weight excluding hydrogens is 311 g/mol. The molecule has 1 unspecified atom stereocenters. The third-order valence-electron chi connectivity index (χ3n) is 3.92. The fourth-order valence-electron chi connectivity index (χ4n) is 2.87. The molecule has 124 valence electrons. The molecule has 0 aromatic carbocycles. The number of aliphatic hydroxyl groups is 1. The summed E-state index contributed by atoms with van der Waals surface area (Å²) in [6.07, 6.45) is 2.29. The van der Waals surface area contributed by atoms with Crippen LogP contribution in [0.4, 0.5) is 19.1 Å². The molecule has 1 saturated carbocycles. The van der Waals surface area contributed by atoms with Crippen molar-refractivity contribution >= 4 is 5.95 Å². The number of nitrogens with zero attached hydrogens (tertiary/aromatic N) is 4. The summed E-state index contributed by atoms with van der Waals surface area (Å²) in [7, 11) is 0. The summed E-state index contributed by atoms with van der Waals surface area (Å²) < 4.78 is 39.9. The minimum absolute atomic E-state index is 0.118. The van der Waals surface area contributed by atoms with E-state index in [0.29, 0.717) is 19.4 Å². The molecule has 0 spiro atoms. The maximum atomic E-state index is 12.7. The summed E-state index contributed by atoms with van der Waals surface area (Å²) in [6, 6.07) is 0.449. The van der Waals surface area contributed by atoms with Gasteiger partial charge in [-0.3, -0.25) is 0 Å². The Bertz CT molecular complexity index is 646. The number of aromatic nitrogens is 4. The van der Waals surface area contributed by atoms with E-state index in [4.69, 9.17) is 0 Å². The van der Waals surface area contributed by atoms with E-state index in [0.717, 1.165) is 12.3 Å². The molecule has 1 fully saturated rings. The second kappa shape index (κ2) is 6.15. The number of nitrogens with one attached hydrogen (secondary N) is 1. The van der Waals surface area contributed by atoms with Crippen LogP contribution in [-0.4, -0.2) is 36.8 Å². The van der Waals surface area contributed by atoms with Crippen molar-refractivity contribution in [2.75, 3.05) is 5.32 Å². The first kappa shape index (κ1) is 15.7. The van der Waals surface area contributed by atoms with Crippen molar-refractivity contribution in [3.8, 4) is 0 Å². The molecule has 0 saturated heterocycles. The van der Waals surface area contributed by atoms with Crippen LogP contribution in [0, 0.1) is 5.92 Å². The third-order valence-corrected chi connectivity index (χ3v) is 3.92. The highest BCUT2D eigenvalue weighted by Gasteiger charge is 2.35. The van der Waals surface area contributed by atoms with Gasteiger partial charge in [-0.2, -0.15) is 13.2 Å². The number of aliphatic hydroxyl groups excluding tert-OH is 1. The summed E-state index contributed by atoms with van der Waals surface area (Å²) in [6.45, 7) is 0.707. The first-order valence-corrected chi connectivity index (χ1v) is 7.22. The smallest absolute Gasteiger partial charge is 0.391 e. The lowest BCUT2D eigenvalue weighted by Crippen LogP contribution is -2.29. The zero-order valence-corrected chi connectivity index (χ0v) is 12.1. The highest BCUT2D eigenvalue weighted by atomic mass is 19.4. The molecule has 2 N–H and O–H groups in total.